The van der Waals surface area contributed by atoms with E-state index in [2.05, 4.69) is 24.3 Å². The number of rotatable bonds is 3. The van der Waals surface area contributed by atoms with Crippen LogP contribution in [0.15, 0.2) is 4.52 Å². The molecule has 4 heteroatoms. The van der Waals surface area contributed by atoms with E-state index >= 15 is 0 Å². The normalized spacial score (nSPS) is 33.2. The average Bonchev–Trinajstić information content (AvgIpc) is 2.88. The zero-order valence-electron chi connectivity index (χ0n) is 11.6. The Morgan fingerprint density at radius 3 is 2.83 bits per heavy atom. The monoisotopic (exact) mass is 250 g/mol. The molecule has 3 unspecified atom stereocenters. The van der Waals surface area contributed by atoms with Gasteiger partial charge >= 0.3 is 0 Å². The van der Waals surface area contributed by atoms with Crippen LogP contribution in [0.2, 0.25) is 0 Å². The van der Waals surface area contributed by atoms with Gasteiger partial charge in [-0.25, -0.2) is 0 Å². The van der Waals surface area contributed by atoms with E-state index in [0.29, 0.717) is 18.1 Å². The van der Waals surface area contributed by atoms with Crippen molar-refractivity contribution in [3.63, 3.8) is 0 Å². The highest BCUT2D eigenvalue weighted by atomic mass is 16.5. The first-order chi connectivity index (χ1) is 8.51. The van der Waals surface area contributed by atoms with Crippen molar-refractivity contribution >= 4 is 0 Å². The third-order valence-electron chi connectivity index (χ3n) is 4.78. The molecule has 0 amide bonds. The minimum atomic E-state index is 0.236. The first-order valence-electron chi connectivity index (χ1n) is 6.78. The second kappa shape index (κ2) is 4.07. The van der Waals surface area contributed by atoms with Crippen LogP contribution in [0.1, 0.15) is 37.3 Å². The standard InChI is InChI=1S/C14H22N2O2/c1-8-11(9(2)18-16-8)7-15-12-10-5-6-17-13(10)14(12,3)4/h10,12-13,15H,5-7H2,1-4H3. The van der Waals surface area contributed by atoms with Gasteiger partial charge < -0.3 is 14.6 Å². The van der Waals surface area contributed by atoms with Crippen LogP contribution in [-0.2, 0) is 11.3 Å². The highest BCUT2D eigenvalue weighted by Gasteiger charge is 2.58. The van der Waals surface area contributed by atoms with Gasteiger partial charge in [0.2, 0.25) is 0 Å². The first-order valence-corrected chi connectivity index (χ1v) is 6.78. The topological polar surface area (TPSA) is 47.3 Å². The number of aryl methyl sites for hydroxylation is 2. The zero-order valence-corrected chi connectivity index (χ0v) is 11.6. The maximum atomic E-state index is 5.81. The molecule has 1 aliphatic carbocycles. The van der Waals surface area contributed by atoms with E-state index in [1.807, 2.05) is 13.8 Å². The first kappa shape index (κ1) is 12.2. The fraction of sp³-hybridized carbons (Fsp3) is 0.786. The molecule has 1 saturated carbocycles. The van der Waals surface area contributed by atoms with E-state index in [0.717, 1.165) is 24.6 Å². The number of nitrogens with one attached hydrogen (secondary N) is 1. The molecule has 1 saturated heterocycles. The van der Waals surface area contributed by atoms with Crippen molar-refractivity contribution < 1.29 is 9.26 Å². The molecule has 0 aromatic carbocycles. The Kier molecular flexibility index (Phi) is 2.75. The second-order valence-corrected chi connectivity index (χ2v) is 6.23. The molecule has 1 aliphatic heterocycles. The third-order valence-corrected chi connectivity index (χ3v) is 4.78. The lowest BCUT2D eigenvalue weighted by Crippen LogP contribution is -2.65. The summed E-state index contributed by atoms with van der Waals surface area (Å²) in [5, 5.41) is 7.69. The predicted molar refractivity (Wildman–Crippen MR) is 68.2 cm³/mol. The van der Waals surface area contributed by atoms with Crippen LogP contribution in [0.25, 0.3) is 0 Å². The Balaban J connectivity index is 1.67. The number of aromatic nitrogens is 1. The van der Waals surface area contributed by atoms with Gasteiger partial charge in [0.05, 0.1) is 11.8 Å². The number of hydrogen-bond donors (Lipinski definition) is 1. The quantitative estimate of drug-likeness (QED) is 0.893. The summed E-state index contributed by atoms with van der Waals surface area (Å²) in [6.07, 6.45) is 1.63. The van der Waals surface area contributed by atoms with Gasteiger partial charge in [0.1, 0.15) is 5.76 Å². The van der Waals surface area contributed by atoms with Crippen LogP contribution in [0.3, 0.4) is 0 Å². The van der Waals surface area contributed by atoms with Crippen LogP contribution in [0.4, 0.5) is 0 Å². The van der Waals surface area contributed by atoms with E-state index in [1.54, 1.807) is 0 Å². The van der Waals surface area contributed by atoms with Gasteiger partial charge in [-0.3, -0.25) is 0 Å². The lowest BCUT2D eigenvalue weighted by molar-refractivity contribution is -0.113. The second-order valence-electron chi connectivity index (χ2n) is 6.23. The van der Waals surface area contributed by atoms with Crippen LogP contribution in [-0.4, -0.2) is 23.9 Å². The van der Waals surface area contributed by atoms with Crippen LogP contribution >= 0.6 is 0 Å². The molecule has 100 valence electrons. The van der Waals surface area contributed by atoms with Crippen molar-refractivity contribution in [2.24, 2.45) is 11.3 Å². The van der Waals surface area contributed by atoms with Crippen molar-refractivity contribution in [1.29, 1.82) is 0 Å². The van der Waals surface area contributed by atoms with Crippen molar-refractivity contribution in [2.45, 2.75) is 52.8 Å². The molecule has 3 atom stereocenters. The van der Waals surface area contributed by atoms with E-state index < -0.39 is 0 Å². The Hall–Kier alpha value is -0.870. The molecule has 4 nitrogen and oxygen atoms in total. The smallest absolute Gasteiger partial charge is 0.138 e. The Morgan fingerprint density at radius 2 is 2.17 bits per heavy atom. The number of fused-ring (bicyclic) bond motifs is 1. The lowest BCUT2D eigenvalue weighted by atomic mass is 9.57. The lowest BCUT2D eigenvalue weighted by Gasteiger charge is -2.55. The summed E-state index contributed by atoms with van der Waals surface area (Å²) in [5.74, 6) is 1.61. The molecule has 0 bridgehead atoms. The van der Waals surface area contributed by atoms with Gasteiger partial charge in [0, 0.05) is 36.1 Å². The molecule has 1 N–H and O–H groups in total. The molecule has 2 fully saturated rings. The largest absolute Gasteiger partial charge is 0.377 e. The molecular weight excluding hydrogens is 228 g/mol. The molecular formula is C14H22N2O2. The number of nitrogens with zero attached hydrogens (tertiary/aromatic N) is 1. The molecule has 1 aromatic heterocycles. The van der Waals surface area contributed by atoms with E-state index in [1.165, 1.54) is 12.0 Å². The van der Waals surface area contributed by atoms with E-state index in [4.69, 9.17) is 9.26 Å². The van der Waals surface area contributed by atoms with Crippen LogP contribution < -0.4 is 5.32 Å². The number of hydrogen-bond acceptors (Lipinski definition) is 4. The Labute approximate surface area is 108 Å². The fourth-order valence-electron chi connectivity index (χ4n) is 3.70. The fourth-order valence-corrected chi connectivity index (χ4v) is 3.70. The van der Waals surface area contributed by atoms with Crippen molar-refractivity contribution in [2.75, 3.05) is 6.61 Å². The summed E-state index contributed by atoms with van der Waals surface area (Å²) in [6.45, 7) is 10.3. The van der Waals surface area contributed by atoms with Gasteiger partial charge in [0.25, 0.3) is 0 Å². The van der Waals surface area contributed by atoms with Crippen molar-refractivity contribution in [3.05, 3.63) is 17.0 Å². The average molecular weight is 250 g/mol. The minimum Gasteiger partial charge on any atom is -0.377 e. The summed E-state index contributed by atoms with van der Waals surface area (Å²) in [7, 11) is 0. The maximum absolute atomic E-state index is 5.81. The summed E-state index contributed by atoms with van der Waals surface area (Å²) >= 11 is 0. The molecule has 2 heterocycles. The van der Waals surface area contributed by atoms with Gasteiger partial charge in [-0.2, -0.15) is 0 Å². The van der Waals surface area contributed by atoms with E-state index in [-0.39, 0.29) is 5.41 Å². The molecule has 0 radical (unpaired) electrons. The van der Waals surface area contributed by atoms with Gasteiger partial charge in [-0.15, -0.1) is 0 Å². The predicted octanol–water partition coefficient (Wildman–Crippen LogP) is 2.19. The molecule has 1 aromatic rings. The van der Waals surface area contributed by atoms with Gasteiger partial charge in [-0.1, -0.05) is 19.0 Å². The summed E-state index contributed by atoms with van der Waals surface area (Å²) < 4.78 is 11.0. The number of ether oxygens (including phenoxy) is 1. The molecule has 2 aliphatic rings. The highest BCUT2D eigenvalue weighted by Crippen LogP contribution is 2.52. The van der Waals surface area contributed by atoms with Crippen LogP contribution in [0, 0.1) is 25.2 Å². The maximum Gasteiger partial charge on any atom is 0.138 e. The molecule has 18 heavy (non-hydrogen) atoms. The minimum absolute atomic E-state index is 0.236. The van der Waals surface area contributed by atoms with E-state index in [9.17, 15) is 0 Å². The zero-order chi connectivity index (χ0) is 12.9. The molecule has 0 spiro atoms. The third kappa shape index (κ3) is 1.62. The van der Waals surface area contributed by atoms with Crippen molar-refractivity contribution in [3.8, 4) is 0 Å². The van der Waals surface area contributed by atoms with Gasteiger partial charge in [-0.05, 0) is 20.3 Å². The summed E-state index contributed by atoms with van der Waals surface area (Å²) in [4.78, 5) is 0. The molecule has 3 rings (SSSR count). The summed E-state index contributed by atoms with van der Waals surface area (Å²) in [5.41, 5.74) is 2.43. The van der Waals surface area contributed by atoms with Crippen molar-refractivity contribution in [1.82, 2.24) is 10.5 Å². The summed E-state index contributed by atoms with van der Waals surface area (Å²) in [6, 6.07) is 0.540. The SMILES string of the molecule is Cc1noc(C)c1CNC1C2CCOC2C1(C)C. The Morgan fingerprint density at radius 1 is 1.39 bits per heavy atom. The highest BCUT2D eigenvalue weighted by molar-refractivity contribution is 5.21. The van der Waals surface area contributed by atoms with Gasteiger partial charge in [0.15, 0.2) is 0 Å². The van der Waals surface area contributed by atoms with Crippen LogP contribution in [0.5, 0.6) is 0 Å². The Bertz CT molecular complexity index is 433.